The predicted octanol–water partition coefficient (Wildman–Crippen LogP) is 6.04. The summed E-state index contributed by atoms with van der Waals surface area (Å²) in [5.74, 6) is -0.545. The van der Waals surface area contributed by atoms with Crippen LogP contribution in [0.25, 0.3) is 17.1 Å². The molecule has 0 radical (unpaired) electrons. The number of aryl methyl sites for hydroxylation is 1. The standard InChI is InChI=1S/C31H40N4O6S/c1-7-9-23-18-25-27(33-21-12-14-22(15-13-21)34-30(37)41-31(4,5)6)26(29(36)40-8-2)19-32-28(25)35(23)42(38,39)24-16-10-20(3)11-17-24/h7,9-11,16-19,21-22H,8,12-15H2,1-6H3,(H,32,33)(H,34,37)/b9-7+/t21-,22-. The largest absolute Gasteiger partial charge is 0.462 e. The van der Waals surface area contributed by atoms with Crippen LogP contribution in [0.4, 0.5) is 10.5 Å². The minimum Gasteiger partial charge on any atom is -0.462 e. The van der Waals surface area contributed by atoms with Gasteiger partial charge in [0.25, 0.3) is 10.0 Å². The molecule has 0 saturated heterocycles. The average Bonchev–Trinajstić information content (AvgIpc) is 3.29. The van der Waals surface area contributed by atoms with E-state index in [0.717, 1.165) is 18.4 Å². The van der Waals surface area contributed by atoms with Crippen LogP contribution in [-0.4, -0.2) is 53.7 Å². The van der Waals surface area contributed by atoms with Crippen molar-refractivity contribution in [2.45, 2.75) is 89.8 Å². The number of rotatable bonds is 8. The zero-order valence-corrected chi connectivity index (χ0v) is 25.9. The number of pyridine rings is 1. The molecule has 4 rings (SSSR count). The number of alkyl carbamates (subject to hydrolysis) is 1. The molecule has 0 aliphatic heterocycles. The van der Waals surface area contributed by atoms with Gasteiger partial charge in [-0.3, -0.25) is 0 Å². The Morgan fingerprint density at radius 1 is 1.10 bits per heavy atom. The first kappa shape index (κ1) is 31.1. The van der Waals surface area contributed by atoms with Gasteiger partial charge in [0.05, 0.1) is 22.9 Å². The Hall–Kier alpha value is -3.86. The van der Waals surface area contributed by atoms with E-state index >= 15 is 0 Å². The number of fused-ring (bicyclic) bond motifs is 1. The first-order valence-corrected chi connectivity index (χ1v) is 15.7. The number of amides is 1. The SMILES string of the molecule is C/C=C/c1cc2c(N[C@H]3CC[C@H](NC(=O)OC(C)(C)C)CC3)c(C(=O)OCC)cnc2n1S(=O)(=O)c1ccc(C)cc1. The highest BCUT2D eigenvalue weighted by atomic mass is 32.2. The van der Waals surface area contributed by atoms with Gasteiger partial charge < -0.3 is 20.1 Å². The molecule has 1 amide bonds. The average molecular weight is 597 g/mol. The van der Waals surface area contributed by atoms with E-state index in [-0.39, 0.29) is 34.8 Å². The number of allylic oxidation sites excluding steroid dienone is 1. The Morgan fingerprint density at radius 3 is 2.33 bits per heavy atom. The smallest absolute Gasteiger partial charge is 0.407 e. The summed E-state index contributed by atoms with van der Waals surface area (Å²) >= 11 is 0. The van der Waals surface area contributed by atoms with Gasteiger partial charge in [-0.1, -0.05) is 23.8 Å². The number of hydrogen-bond donors (Lipinski definition) is 2. The summed E-state index contributed by atoms with van der Waals surface area (Å²) < 4.78 is 39.7. The highest BCUT2D eigenvalue weighted by Crippen LogP contribution is 2.35. The van der Waals surface area contributed by atoms with Crippen molar-refractivity contribution >= 4 is 44.9 Å². The molecule has 0 bridgehead atoms. The normalized spacial score (nSPS) is 17.8. The molecule has 2 N–H and O–H groups in total. The lowest BCUT2D eigenvalue weighted by Gasteiger charge is -2.31. The van der Waals surface area contributed by atoms with Crippen molar-refractivity contribution in [2.24, 2.45) is 0 Å². The molecule has 1 aliphatic carbocycles. The summed E-state index contributed by atoms with van der Waals surface area (Å²) in [5.41, 5.74) is 1.70. The lowest BCUT2D eigenvalue weighted by molar-refractivity contribution is 0.0488. The topological polar surface area (TPSA) is 129 Å². The second kappa shape index (κ2) is 12.6. The predicted molar refractivity (Wildman–Crippen MR) is 163 cm³/mol. The van der Waals surface area contributed by atoms with E-state index in [1.807, 2.05) is 27.7 Å². The minimum absolute atomic E-state index is 0.0253. The fourth-order valence-electron chi connectivity index (χ4n) is 5.08. The Morgan fingerprint density at radius 2 is 1.74 bits per heavy atom. The number of hydrogen-bond acceptors (Lipinski definition) is 8. The van der Waals surface area contributed by atoms with Crippen LogP contribution in [-0.2, 0) is 19.5 Å². The second-order valence-electron chi connectivity index (χ2n) is 11.5. The lowest BCUT2D eigenvalue weighted by atomic mass is 9.91. The highest BCUT2D eigenvalue weighted by molar-refractivity contribution is 7.90. The summed E-state index contributed by atoms with van der Waals surface area (Å²) in [4.78, 5) is 29.9. The number of benzene rings is 1. The number of carbonyl (C=O) groups is 2. The minimum atomic E-state index is -4.01. The third kappa shape index (κ3) is 6.95. The number of anilines is 1. The van der Waals surface area contributed by atoms with Crippen LogP contribution < -0.4 is 10.6 Å². The molecule has 226 valence electrons. The number of carbonyl (C=O) groups excluding carboxylic acids is 2. The molecule has 2 aromatic heterocycles. The van der Waals surface area contributed by atoms with Crippen molar-refractivity contribution in [3.05, 3.63) is 59.4 Å². The molecule has 0 spiro atoms. The molecular formula is C31H40N4O6S. The van der Waals surface area contributed by atoms with Gasteiger partial charge in [0.2, 0.25) is 0 Å². The van der Waals surface area contributed by atoms with Crippen LogP contribution >= 0.6 is 0 Å². The van der Waals surface area contributed by atoms with Gasteiger partial charge in [0.15, 0.2) is 5.65 Å². The molecule has 0 atom stereocenters. The molecular weight excluding hydrogens is 556 g/mol. The molecule has 10 nitrogen and oxygen atoms in total. The summed E-state index contributed by atoms with van der Waals surface area (Å²) in [6, 6.07) is 8.33. The number of nitrogens with zero attached hydrogens (tertiary/aromatic N) is 2. The maximum Gasteiger partial charge on any atom is 0.407 e. The quantitative estimate of drug-likeness (QED) is 0.301. The molecule has 1 aliphatic rings. The van der Waals surface area contributed by atoms with Gasteiger partial charge in [-0.25, -0.2) is 27.0 Å². The van der Waals surface area contributed by atoms with E-state index in [9.17, 15) is 18.0 Å². The van der Waals surface area contributed by atoms with Crippen LogP contribution in [0.1, 0.15) is 81.9 Å². The Bertz CT molecular complexity index is 1580. The third-order valence-electron chi connectivity index (χ3n) is 7.00. The van der Waals surface area contributed by atoms with Crippen molar-refractivity contribution in [1.82, 2.24) is 14.3 Å². The van der Waals surface area contributed by atoms with Gasteiger partial charge in [-0.2, -0.15) is 0 Å². The summed E-state index contributed by atoms with van der Waals surface area (Å²) in [5, 5.41) is 6.95. The lowest BCUT2D eigenvalue weighted by Crippen LogP contribution is -2.42. The molecule has 42 heavy (non-hydrogen) atoms. The zero-order valence-electron chi connectivity index (χ0n) is 25.1. The zero-order chi connectivity index (χ0) is 30.7. The van der Waals surface area contributed by atoms with E-state index in [1.54, 1.807) is 56.3 Å². The van der Waals surface area contributed by atoms with E-state index in [4.69, 9.17) is 9.47 Å². The van der Waals surface area contributed by atoms with Gasteiger partial charge in [0, 0.05) is 23.7 Å². The maximum atomic E-state index is 13.9. The van der Waals surface area contributed by atoms with Crippen LogP contribution in [0.5, 0.6) is 0 Å². The van der Waals surface area contributed by atoms with Gasteiger partial charge in [-0.15, -0.1) is 0 Å². The van der Waals surface area contributed by atoms with Crippen molar-refractivity contribution in [2.75, 3.05) is 11.9 Å². The highest BCUT2D eigenvalue weighted by Gasteiger charge is 2.30. The van der Waals surface area contributed by atoms with Crippen molar-refractivity contribution < 1.29 is 27.5 Å². The number of esters is 1. The van der Waals surface area contributed by atoms with Gasteiger partial charge in [-0.05, 0) is 91.5 Å². The van der Waals surface area contributed by atoms with E-state index < -0.39 is 27.7 Å². The first-order valence-electron chi connectivity index (χ1n) is 14.3. The van der Waals surface area contributed by atoms with Gasteiger partial charge >= 0.3 is 12.1 Å². The number of aromatic nitrogens is 2. The van der Waals surface area contributed by atoms with Crippen molar-refractivity contribution in [3.63, 3.8) is 0 Å². The van der Waals surface area contributed by atoms with E-state index in [1.165, 1.54) is 10.2 Å². The summed E-state index contributed by atoms with van der Waals surface area (Å²) in [6.45, 7) is 11.1. The first-order chi connectivity index (χ1) is 19.8. The molecule has 2 heterocycles. The van der Waals surface area contributed by atoms with E-state index in [0.29, 0.717) is 29.6 Å². The van der Waals surface area contributed by atoms with Crippen molar-refractivity contribution in [1.29, 1.82) is 0 Å². The summed E-state index contributed by atoms with van der Waals surface area (Å²) in [6.07, 6.45) is 7.26. The fraction of sp³-hybridized carbons (Fsp3) is 0.452. The fourth-order valence-corrected chi connectivity index (χ4v) is 6.53. The monoisotopic (exact) mass is 596 g/mol. The molecule has 1 saturated carbocycles. The van der Waals surface area contributed by atoms with Crippen LogP contribution in [0.3, 0.4) is 0 Å². The molecule has 0 unspecified atom stereocenters. The summed E-state index contributed by atoms with van der Waals surface area (Å²) in [7, 11) is -4.01. The van der Waals surface area contributed by atoms with Crippen LogP contribution in [0.15, 0.2) is 47.5 Å². The van der Waals surface area contributed by atoms with Crippen LogP contribution in [0.2, 0.25) is 0 Å². The Balaban J connectivity index is 1.71. The molecule has 1 fully saturated rings. The van der Waals surface area contributed by atoms with E-state index in [2.05, 4.69) is 15.6 Å². The van der Waals surface area contributed by atoms with Crippen molar-refractivity contribution in [3.8, 4) is 0 Å². The maximum absolute atomic E-state index is 13.9. The second-order valence-corrected chi connectivity index (χ2v) is 13.3. The molecule has 3 aromatic rings. The number of nitrogens with one attached hydrogen (secondary N) is 2. The number of ether oxygens (including phenoxy) is 2. The Labute approximate surface area is 247 Å². The molecule has 1 aromatic carbocycles. The van der Waals surface area contributed by atoms with Gasteiger partial charge in [0.1, 0.15) is 11.2 Å². The Kier molecular flexibility index (Phi) is 9.30. The van der Waals surface area contributed by atoms with Crippen LogP contribution in [0, 0.1) is 6.92 Å². The third-order valence-corrected chi connectivity index (χ3v) is 8.74. The molecule has 11 heteroatoms.